The lowest BCUT2D eigenvalue weighted by molar-refractivity contribution is -0.143. The Balaban J connectivity index is 2.09. The van der Waals surface area contributed by atoms with Gasteiger partial charge < -0.3 is 10.1 Å². The van der Waals surface area contributed by atoms with Crippen LogP contribution in [0.4, 0.5) is 0 Å². The fourth-order valence-corrected chi connectivity index (χ4v) is 2.10. The third-order valence-corrected chi connectivity index (χ3v) is 3.39. The van der Waals surface area contributed by atoms with Gasteiger partial charge in [-0.15, -0.1) is 0 Å². The molecule has 0 bridgehead atoms. The van der Waals surface area contributed by atoms with Crippen LogP contribution in [-0.4, -0.2) is 19.1 Å². The summed E-state index contributed by atoms with van der Waals surface area (Å²) in [5.41, 5.74) is 2.61. The monoisotopic (exact) mass is 277 g/mol. The molecule has 1 atom stereocenters. The number of aryl methyl sites for hydroxylation is 1. The predicted molar refractivity (Wildman–Crippen MR) is 82.7 cm³/mol. The molecule has 0 aliphatic carbocycles. The molecule has 0 unspecified atom stereocenters. The maximum absolute atomic E-state index is 11.2. The first-order valence-corrected chi connectivity index (χ1v) is 7.59. The highest BCUT2D eigenvalue weighted by atomic mass is 16.5. The average Bonchev–Trinajstić information content (AvgIpc) is 2.43. The summed E-state index contributed by atoms with van der Waals surface area (Å²) in [4.78, 5) is 11.2. The largest absolute Gasteiger partial charge is 0.466 e. The van der Waals surface area contributed by atoms with E-state index in [9.17, 15) is 4.79 Å². The smallest absolute Gasteiger partial charge is 0.305 e. The second kappa shape index (κ2) is 9.54. The normalized spacial score (nSPS) is 12.2. The summed E-state index contributed by atoms with van der Waals surface area (Å²) >= 11 is 0. The van der Waals surface area contributed by atoms with E-state index in [-0.39, 0.29) is 5.97 Å². The highest BCUT2D eigenvalue weighted by Gasteiger charge is 2.04. The summed E-state index contributed by atoms with van der Waals surface area (Å²) in [6, 6.07) is 9.02. The van der Waals surface area contributed by atoms with Crippen molar-refractivity contribution >= 4 is 5.97 Å². The minimum Gasteiger partial charge on any atom is -0.466 e. The number of ether oxygens (including phenoxy) is 1. The molecule has 0 aliphatic rings. The molecule has 0 spiro atoms. The minimum absolute atomic E-state index is 0.0755. The van der Waals surface area contributed by atoms with E-state index in [4.69, 9.17) is 4.74 Å². The van der Waals surface area contributed by atoms with E-state index in [0.29, 0.717) is 19.1 Å². The van der Waals surface area contributed by atoms with Crippen molar-refractivity contribution in [3.63, 3.8) is 0 Å². The minimum atomic E-state index is -0.0755. The van der Waals surface area contributed by atoms with Crippen molar-refractivity contribution in [1.82, 2.24) is 5.32 Å². The summed E-state index contributed by atoms with van der Waals surface area (Å²) < 4.78 is 4.90. The van der Waals surface area contributed by atoms with Gasteiger partial charge in [0.15, 0.2) is 0 Å². The average molecular weight is 277 g/mol. The van der Waals surface area contributed by atoms with Crippen molar-refractivity contribution in [2.75, 3.05) is 13.2 Å². The highest BCUT2D eigenvalue weighted by molar-refractivity contribution is 5.69. The molecule has 0 saturated heterocycles. The molecule has 0 heterocycles. The standard InChI is InChI=1S/C17H27NO2/c1-4-20-17(19)8-6-5-7-13-18-15(3)16-11-9-14(2)10-12-16/h9-12,15,18H,4-8,13H2,1-3H3/t15-/m0/s1. The fraction of sp³-hybridized carbons (Fsp3) is 0.588. The van der Waals surface area contributed by atoms with E-state index in [1.807, 2.05) is 6.92 Å². The first kappa shape index (κ1) is 16.7. The molecule has 1 aromatic rings. The van der Waals surface area contributed by atoms with Gasteiger partial charge in [0.1, 0.15) is 0 Å². The number of rotatable bonds is 9. The van der Waals surface area contributed by atoms with Crippen molar-refractivity contribution in [2.45, 2.75) is 52.5 Å². The predicted octanol–water partition coefficient (Wildman–Crippen LogP) is 3.77. The van der Waals surface area contributed by atoms with Gasteiger partial charge in [0.25, 0.3) is 0 Å². The molecule has 0 fully saturated rings. The van der Waals surface area contributed by atoms with Gasteiger partial charge in [0.2, 0.25) is 0 Å². The van der Waals surface area contributed by atoms with Crippen LogP contribution in [0.3, 0.4) is 0 Å². The van der Waals surface area contributed by atoms with Crippen LogP contribution in [0.5, 0.6) is 0 Å². The van der Waals surface area contributed by atoms with Gasteiger partial charge in [-0.25, -0.2) is 0 Å². The van der Waals surface area contributed by atoms with Crippen molar-refractivity contribution in [2.24, 2.45) is 0 Å². The number of carbonyl (C=O) groups excluding carboxylic acids is 1. The van der Waals surface area contributed by atoms with Gasteiger partial charge in [-0.05, 0) is 45.7 Å². The number of esters is 1. The Morgan fingerprint density at radius 1 is 1.20 bits per heavy atom. The molecule has 1 aromatic carbocycles. The SMILES string of the molecule is CCOC(=O)CCCCCN[C@@H](C)c1ccc(C)cc1. The molecule has 20 heavy (non-hydrogen) atoms. The van der Waals surface area contributed by atoms with Gasteiger partial charge in [0, 0.05) is 12.5 Å². The van der Waals surface area contributed by atoms with Crippen molar-refractivity contribution < 1.29 is 9.53 Å². The van der Waals surface area contributed by atoms with Crippen molar-refractivity contribution in [3.8, 4) is 0 Å². The lowest BCUT2D eigenvalue weighted by Crippen LogP contribution is -2.19. The third-order valence-electron chi connectivity index (χ3n) is 3.39. The van der Waals surface area contributed by atoms with Crippen LogP contribution in [0.1, 0.15) is 56.7 Å². The quantitative estimate of drug-likeness (QED) is 0.551. The van der Waals surface area contributed by atoms with Gasteiger partial charge in [-0.1, -0.05) is 36.2 Å². The van der Waals surface area contributed by atoms with Gasteiger partial charge in [-0.2, -0.15) is 0 Å². The molecular formula is C17H27NO2. The first-order chi connectivity index (χ1) is 9.63. The Morgan fingerprint density at radius 2 is 1.90 bits per heavy atom. The number of benzene rings is 1. The van der Waals surface area contributed by atoms with Gasteiger partial charge >= 0.3 is 5.97 Å². The molecular weight excluding hydrogens is 250 g/mol. The molecule has 3 heteroatoms. The summed E-state index contributed by atoms with van der Waals surface area (Å²) in [7, 11) is 0. The van der Waals surface area contributed by atoms with Crippen LogP contribution in [0.2, 0.25) is 0 Å². The second-order valence-corrected chi connectivity index (χ2v) is 5.20. The summed E-state index contributed by atoms with van der Waals surface area (Å²) in [5, 5.41) is 3.52. The molecule has 1 N–H and O–H groups in total. The van der Waals surface area contributed by atoms with Crippen molar-refractivity contribution in [3.05, 3.63) is 35.4 Å². The number of unbranched alkanes of at least 4 members (excludes halogenated alkanes) is 2. The van der Waals surface area contributed by atoms with Crippen LogP contribution in [-0.2, 0) is 9.53 Å². The Labute approximate surface area is 122 Å². The molecule has 0 saturated carbocycles. The van der Waals surface area contributed by atoms with Crippen LogP contribution in [0, 0.1) is 6.92 Å². The molecule has 112 valence electrons. The zero-order valence-electron chi connectivity index (χ0n) is 12.9. The van der Waals surface area contributed by atoms with Crippen LogP contribution in [0.15, 0.2) is 24.3 Å². The zero-order chi connectivity index (χ0) is 14.8. The summed E-state index contributed by atoms with van der Waals surface area (Å²) in [5.74, 6) is -0.0755. The molecule has 0 radical (unpaired) electrons. The molecule has 0 aromatic heterocycles. The first-order valence-electron chi connectivity index (χ1n) is 7.59. The summed E-state index contributed by atoms with van der Waals surface area (Å²) in [6.07, 6.45) is 3.61. The molecule has 0 aliphatic heterocycles. The van der Waals surface area contributed by atoms with Gasteiger partial charge in [-0.3, -0.25) is 4.79 Å². The molecule has 0 amide bonds. The number of hydrogen-bond acceptors (Lipinski definition) is 3. The highest BCUT2D eigenvalue weighted by Crippen LogP contribution is 2.13. The Bertz CT molecular complexity index is 386. The number of nitrogens with one attached hydrogen (secondary N) is 1. The van der Waals surface area contributed by atoms with Crippen LogP contribution in [0.25, 0.3) is 0 Å². The zero-order valence-corrected chi connectivity index (χ0v) is 12.9. The lowest BCUT2D eigenvalue weighted by Gasteiger charge is -2.14. The van der Waals surface area contributed by atoms with Crippen LogP contribution >= 0.6 is 0 Å². The Morgan fingerprint density at radius 3 is 2.55 bits per heavy atom. The van der Waals surface area contributed by atoms with Crippen LogP contribution < -0.4 is 5.32 Å². The Kier molecular flexibility index (Phi) is 7.97. The second-order valence-electron chi connectivity index (χ2n) is 5.20. The van der Waals surface area contributed by atoms with Crippen molar-refractivity contribution in [1.29, 1.82) is 0 Å². The van der Waals surface area contributed by atoms with E-state index >= 15 is 0 Å². The van der Waals surface area contributed by atoms with Gasteiger partial charge in [0.05, 0.1) is 6.61 Å². The van der Waals surface area contributed by atoms with E-state index < -0.39 is 0 Å². The molecule has 1 rings (SSSR count). The maximum atomic E-state index is 11.2. The fourth-order valence-electron chi connectivity index (χ4n) is 2.10. The van der Waals surface area contributed by atoms with E-state index in [1.54, 1.807) is 0 Å². The topological polar surface area (TPSA) is 38.3 Å². The third kappa shape index (κ3) is 6.71. The number of hydrogen-bond donors (Lipinski definition) is 1. The number of carbonyl (C=O) groups is 1. The van der Waals surface area contributed by atoms with E-state index in [1.165, 1.54) is 11.1 Å². The Hall–Kier alpha value is -1.35. The molecule has 3 nitrogen and oxygen atoms in total. The van der Waals surface area contributed by atoms with E-state index in [2.05, 4.69) is 43.4 Å². The summed E-state index contributed by atoms with van der Waals surface area (Å²) in [6.45, 7) is 7.59. The lowest BCUT2D eigenvalue weighted by atomic mass is 10.1. The maximum Gasteiger partial charge on any atom is 0.305 e. The van der Waals surface area contributed by atoms with E-state index in [0.717, 1.165) is 25.8 Å².